The van der Waals surface area contributed by atoms with Crippen molar-refractivity contribution < 1.29 is 18.5 Å². The molecule has 0 bridgehead atoms. The van der Waals surface area contributed by atoms with Crippen molar-refractivity contribution in [2.75, 3.05) is 0 Å². The third kappa shape index (κ3) is 16400. The van der Waals surface area contributed by atoms with E-state index < -0.39 is 9.14 Å². The van der Waals surface area contributed by atoms with Gasteiger partial charge in [-0.15, -0.1) is 0 Å². The van der Waals surface area contributed by atoms with Crippen LogP contribution in [0, 0.1) is 0 Å². The summed E-state index contributed by atoms with van der Waals surface area (Å²) in [7, 11) is -5.86. The monoisotopic (exact) mass is 149 g/mol. The molecule has 0 rings (SSSR count). The SMILES string of the molecule is [NH4+].[NH4+].[NH4+].[O-][Si]([O-])([O-])F. The Bertz CT molecular complexity index is 30.0. The van der Waals surface area contributed by atoms with Crippen LogP contribution in [0.5, 0.6) is 0 Å². The van der Waals surface area contributed by atoms with Crippen LogP contribution in [0.15, 0.2) is 0 Å². The Hall–Kier alpha value is -0.0931. The topological polar surface area (TPSA) is 179 Å². The van der Waals surface area contributed by atoms with E-state index in [1.807, 2.05) is 0 Å². The highest BCUT2D eigenvalue weighted by Gasteiger charge is 1.64. The standard InChI is InChI=1S/FO3Si.3H3N/c1-5(2,3)4;;;/h;3*1H3/q-3;;;/p+3. The van der Waals surface area contributed by atoms with Gasteiger partial charge in [-0.3, -0.25) is 0 Å². The first-order valence-corrected chi connectivity index (χ1v) is 2.40. The van der Waals surface area contributed by atoms with Crippen LogP contribution in [0.1, 0.15) is 0 Å². The molecule has 0 aliphatic carbocycles. The van der Waals surface area contributed by atoms with Gasteiger partial charge in [0.2, 0.25) is 0 Å². The second kappa shape index (κ2) is 6.91. The third-order valence-corrected chi connectivity index (χ3v) is 0. The molecule has 0 saturated heterocycles. The maximum absolute atomic E-state index is 10.2. The molecule has 6 nitrogen and oxygen atoms in total. The van der Waals surface area contributed by atoms with E-state index in [4.69, 9.17) is 14.4 Å². The van der Waals surface area contributed by atoms with Crippen molar-refractivity contribution in [2.45, 2.75) is 0 Å². The van der Waals surface area contributed by atoms with Gasteiger partial charge in [0, 0.05) is 0 Å². The molecule has 0 aliphatic heterocycles. The molecule has 0 aromatic carbocycles. The normalized spacial score (nSPS) is 7.50. The molecular formula is H12FN3O3Si. The van der Waals surface area contributed by atoms with E-state index in [-0.39, 0.29) is 18.5 Å². The van der Waals surface area contributed by atoms with Gasteiger partial charge in [-0.2, -0.15) is 0 Å². The molecule has 0 spiro atoms. The molecule has 8 heavy (non-hydrogen) atoms. The molecule has 56 valence electrons. The van der Waals surface area contributed by atoms with Crippen LogP contribution in [0.25, 0.3) is 0 Å². The third-order valence-electron chi connectivity index (χ3n) is 0. The Balaban J connectivity index is -0.0000000267. The van der Waals surface area contributed by atoms with Gasteiger partial charge in [0.15, 0.2) is 0 Å². The number of halogens is 1. The highest BCUT2D eigenvalue weighted by atomic mass is 28.4. The second-order valence-electron chi connectivity index (χ2n) is 0.481. The molecule has 0 amide bonds. The summed E-state index contributed by atoms with van der Waals surface area (Å²) in [6, 6.07) is 0. The van der Waals surface area contributed by atoms with Crippen molar-refractivity contribution in [2.24, 2.45) is 0 Å². The summed E-state index contributed by atoms with van der Waals surface area (Å²) in [5, 5.41) is 0. The largest absolute Gasteiger partial charge is 0.857 e. The van der Waals surface area contributed by atoms with Crippen LogP contribution in [0.4, 0.5) is 4.11 Å². The Morgan fingerprint density at radius 3 is 0.875 bits per heavy atom. The molecule has 0 aromatic rings. The zero-order chi connectivity index (χ0) is 4.50. The Morgan fingerprint density at radius 2 is 0.875 bits per heavy atom. The van der Waals surface area contributed by atoms with Gasteiger partial charge in [0.1, 0.15) is 0 Å². The molecule has 0 heterocycles. The fourth-order valence-electron chi connectivity index (χ4n) is 0. The molecule has 8 heteroatoms. The van der Waals surface area contributed by atoms with Crippen LogP contribution < -0.4 is 32.8 Å². The van der Waals surface area contributed by atoms with Gasteiger partial charge in [-0.25, -0.2) is 0 Å². The van der Waals surface area contributed by atoms with Gasteiger partial charge < -0.3 is 36.9 Å². The van der Waals surface area contributed by atoms with Crippen LogP contribution in [-0.4, -0.2) is 9.14 Å². The molecule has 0 radical (unpaired) electrons. The van der Waals surface area contributed by atoms with Crippen molar-refractivity contribution in [3.63, 3.8) is 0 Å². The summed E-state index contributed by atoms with van der Waals surface area (Å²) in [6.07, 6.45) is 0. The molecule has 0 fully saturated rings. The molecule has 0 aromatic heterocycles. The molecule has 0 atom stereocenters. The minimum Gasteiger partial charge on any atom is -0.857 e. The summed E-state index contributed by atoms with van der Waals surface area (Å²) >= 11 is 0. The first-order valence-electron chi connectivity index (χ1n) is 0.801. The summed E-state index contributed by atoms with van der Waals surface area (Å²) in [5.41, 5.74) is 0. The predicted octanol–water partition coefficient (Wildman–Crippen LogP) is -2.40. The van der Waals surface area contributed by atoms with Gasteiger partial charge in [0.05, 0.1) is 0 Å². The van der Waals surface area contributed by atoms with Crippen molar-refractivity contribution in [1.82, 2.24) is 18.5 Å². The first kappa shape index (κ1) is 24.7. The lowest BCUT2D eigenvalue weighted by Crippen LogP contribution is -2.69. The minimum atomic E-state index is -5.86. The van der Waals surface area contributed by atoms with E-state index in [2.05, 4.69) is 0 Å². The van der Waals surface area contributed by atoms with Crippen molar-refractivity contribution in [3.8, 4) is 0 Å². The predicted molar refractivity (Wildman–Crippen MR) is 24.8 cm³/mol. The second-order valence-corrected chi connectivity index (χ2v) is 1.44. The Labute approximate surface area is 47.3 Å². The lowest BCUT2D eigenvalue weighted by atomic mass is 14.0. The van der Waals surface area contributed by atoms with E-state index in [0.717, 1.165) is 0 Å². The summed E-state index contributed by atoms with van der Waals surface area (Å²) in [4.78, 5) is 25.4. The zero-order valence-electron chi connectivity index (χ0n) is 5.10. The lowest BCUT2D eigenvalue weighted by Gasteiger charge is -2.44. The van der Waals surface area contributed by atoms with Crippen molar-refractivity contribution in [3.05, 3.63) is 0 Å². The van der Waals surface area contributed by atoms with E-state index in [9.17, 15) is 4.11 Å². The van der Waals surface area contributed by atoms with E-state index in [0.29, 0.717) is 0 Å². The highest BCUT2D eigenvalue weighted by Crippen LogP contribution is 1.57. The fourth-order valence-corrected chi connectivity index (χ4v) is 0. The smallest absolute Gasteiger partial charge is 0.0536 e. The summed E-state index contributed by atoms with van der Waals surface area (Å²) in [6.45, 7) is 0. The quantitative estimate of drug-likeness (QED) is 0.257. The minimum absolute atomic E-state index is 0. The lowest BCUT2D eigenvalue weighted by molar-refractivity contribution is -0.527. The highest BCUT2D eigenvalue weighted by molar-refractivity contribution is 6.41. The van der Waals surface area contributed by atoms with Crippen LogP contribution >= 0.6 is 0 Å². The van der Waals surface area contributed by atoms with Crippen LogP contribution in [-0.2, 0) is 0 Å². The van der Waals surface area contributed by atoms with Gasteiger partial charge in [0.25, 0.3) is 0 Å². The average Bonchev–Trinajstić information content (AvgIpc) is 0.722. The number of rotatable bonds is 0. The molecule has 0 unspecified atom stereocenters. The van der Waals surface area contributed by atoms with Gasteiger partial charge in [-0.1, -0.05) is 9.14 Å². The summed E-state index contributed by atoms with van der Waals surface area (Å²) < 4.78 is 10.2. The van der Waals surface area contributed by atoms with E-state index >= 15 is 0 Å². The maximum Gasteiger partial charge on any atom is -0.0536 e. The average molecular weight is 149 g/mol. The van der Waals surface area contributed by atoms with Crippen LogP contribution in [0.2, 0.25) is 0 Å². The molecule has 0 saturated carbocycles. The summed E-state index contributed by atoms with van der Waals surface area (Å²) in [5.74, 6) is 0. The number of hydrogen-bond acceptors (Lipinski definition) is 3. The molecular weight excluding hydrogens is 137 g/mol. The molecule has 12 N–H and O–H groups in total. The Morgan fingerprint density at radius 1 is 0.875 bits per heavy atom. The van der Waals surface area contributed by atoms with Crippen molar-refractivity contribution >= 4 is 9.14 Å². The van der Waals surface area contributed by atoms with Gasteiger partial charge >= 0.3 is 0 Å². The molecule has 0 aliphatic rings. The number of quaternary nitrogens is 3. The maximum atomic E-state index is 10.2. The van der Waals surface area contributed by atoms with E-state index in [1.54, 1.807) is 0 Å². The fraction of sp³-hybridized carbons (Fsp3) is 0. The zero-order valence-corrected chi connectivity index (χ0v) is 6.10. The van der Waals surface area contributed by atoms with Crippen LogP contribution in [0.3, 0.4) is 0 Å². The van der Waals surface area contributed by atoms with E-state index in [1.165, 1.54) is 0 Å². The Kier molecular flexibility index (Phi) is 21.3. The number of hydrogen-bond donors (Lipinski definition) is 3. The van der Waals surface area contributed by atoms with Gasteiger partial charge in [-0.05, 0) is 0 Å². The van der Waals surface area contributed by atoms with Crippen molar-refractivity contribution in [1.29, 1.82) is 0 Å². The first-order chi connectivity index (χ1) is 2.00.